The molecule has 2 aromatic carbocycles. The fourth-order valence-electron chi connectivity index (χ4n) is 4.25. The van der Waals surface area contributed by atoms with Crippen LogP contribution in [0.5, 0.6) is 0 Å². The molecule has 1 nitrogen and oxygen atoms in total. The fraction of sp³-hybridized carbons (Fsp3) is 0.394. The first kappa shape index (κ1) is 32.4. The fourth-order valence-corrected chi connectivity index (χ4v) is 8.63. The van der Waals surface area contributed by atoms with Crippen LogP contribution in [0.1, 0.15) is 76.8 Å². The quantitative estimate of drug-likeness (QED) is 0.137. The number of hydrogen-bond donors (Lipinski definition) is 0. The summed E-state index contributed by atoms with van der Waals surface area (Å²) in [6.45, 7) is 15.1. The van der Waals surface area contributed by atoms with Gasteiger partial charge in [-0.3, -0.25) is 4.74 Å². The molecule has 2 aromatic rings. The average molecular weight is 536 g/mol. The zero-order chi connectivity index (χ0) is 25.4. The van der Waals surface area contributed by atoms with Crippen molar-refractivity contribution in [3.8, 4) is 0 Å². The molecule has 0 radical (unpaired) electrons. The van der Waals surface area contributed by atoms with E-state index in [-0.39, 0.29) is 21.7 Å². The Kier molecular flexibility index (Phi) is 16.7. The van der Waals surface area contributed by atoms with Crippen LogP contribution in [-0.4, -0.2) is 18.5 Å². The Morgan fingerprint density at radius 2 is 1.14 bits per heavy atom. The van der Waals surface area contributed by atoms with Gasteiger partial charge in [-0.1, -0.05) is 126 Å². The topological polar surface area (TPSA) is 12.4 Å². The molecule has 0 saturated carbocycles. The molecule has 0 atom stereocenters. The molecule has 0 unspecified atom stereocenters. The van der Waals surface area contributed by atoms with Gasteiger partial charge in [0.25, 0.3) is 0 Å². The SMILES string of the molecule is C=C(C(=C)c1ccccc1)c1ccccc1.CCCCP(CCCC)(CCCC)=NC1=CC=CC1.[Ti]. The van der Waals surface area contributed by atoms with Gasteiger partial charge in [0.2, 0.25) is 0 Å². The van der Waals surface area contributed by atoms with Gasteiger partial charge in [0.15, 0.2) is 0 Å². The Morgan fingerprint density at radius 1 is 0.722 bits per heavy atom. The average Bonchev–Trinajstić information content (AvgIpc) is 3.43. The maximum atomic E-state index is 5.33. The summed E-state index contributed by atoms with van der Waals surface area (Å²) in [4.78, 5) is 0. The predicted molar refractivity (Wildman–Crippen MR) is 161 cm³/mol. The van der Waals surface area contributed by atoms with Crippen LogP contribution in [0.3, 0.4) is 0 Å². The third kappa shape index (κ3) is 11.2. The van der Waals surface area contributed by atoms with Crippen LogP contribution in [0.4, 0.5) is 0 Å². The molecular weight excluding hydrogens is 489 g/mol. The summed E-state index contributed by atoms with van der Waals surface area (Å²) in [6.07, 6.45) is 19.9. The molecule has 0 saturated heterocycles. The minimum Gasteiger partial charge on any atom is -0.272 e. The Hall–Kier alpha value is -1.66. The van der Waals surface area contributed by atoms with E-state index in [0.717, 1.165) is 28.7 Å². The molecule has 0 bridgehead atoms. The summed E-state index contributed by atoms with van der Waals surface area (Å²) in [6, 6.07) is 20.3. The number of unbranched alkanes of at least 4 members (excludes halogenated alkanes) is 3. The maximum absolute atomic E-state index is 5.33. The number of rotatable bonds is 13. The molecule has 3 rings (SSSR count). The number of allylic oxidation sites excluding steroid dienone is 5. The van der Waals surface area contributed by atoms with Crippen LogP contribution in [0.2, 0.25) is 0 Å². The third-order valence-electron chi connectivity index (χ3n) is 6.48. The normalized spacial score (nSPS) is 12.1. The van der Waals surface area contributed by atoms with E-state index in [9.17, 15) is 0 Å². The van der Waals surface area contributed by atoms with Crippen LogP contribution >= 0.6 is 7.05 Å². The first-order valence-corrected chi connectivity index (χ1v) is 15.8. The second-order valence-electron chi connectivity index (χ2n) is 9.41. The van der Waals surface area contributed by atoms with Crippen molar-refractivity contribution >= 4 is 18.2 Å². The van der Waals surface area contributed by atoms with Gasteiger partial charge in [-0.25, -0.2) is 0 Å². The Labute approximate surface area is 236 Å². The summed E-state index contributed by atoms with van der Waals surface area (Å²) in [5.41, 5.74) is 5.56. The Morgan fingerprint density at radius 3 is 1.47 bits per heavy atom. The second kappa shape index (κ2) is 18.6. The first-order valence-electron chi connectivity index (χ1n) is 13.5. The Balaban J connectivity index is 0.000000354. The largest absolute Gasteiger partial charge is 0.272 e. The number of hydrogen-bond acceptors (Lipinski definition) is 1. The van der Waals surface area contributed by atoms with Crippen LogP contribution in [-0.2, 0) is 21.7 Å². The molecule has 1 aliphatic carbocycles. The van der Waals surface area contributed by atoms with Crippen molar-refractivity contribution < 1.29 is 21.7 Å². The summed E-state index contributed by atoms with van der Waals surface area (Å²) in [7, 11) is -1.08. The third-order valence-corrected chi connectivity index (χ3v) is 10.6. The van der Waals surface area contributed by atoms with Crippen LogP contribution < -0.4 is 0 Å². The molecule has 1 aliphatic rings. The molecular formula is C33H46NPTi. The monoisotopic (exact) mass is 535 g/mol. The van der Waals surface area contributed by atoms with E-state index >= 15 is 0 Å². The van der Waals surface area contributed by atoms with Crippen LogP contribution in [0.15, 0.2) is 102 Å². The van der Waals surface area contributed by atoms with E-state index in [1.165, 1.54) is 62.7 Å². The summed E-state index contributed by atoms with van der Waals surface area (Å²) >= 11 is 0. The van der Waals surface area contributed by atoms with Crippen molar-refractivity contribution in [2.45, 2.75) is 65.7 Å². The standard InChI is InChI=1S/C17H32NP.C16H14.Ti/c1-4-7-14-19(15-8-5-2,16-9-6-3)18-17-12-10-11-13-17;1-13(15-9-5-3-6-10-15)14(2)16-11-7-4-8-12-16;/h10-12H,4-9,13-16H2,1-3H3;3-12H,1-2H2;. The van der Waals surface area contributed by atoms with Crippen molar-refractivity contribution in [3.63, 3.8) is 0 Å². The second-order valence-corrected chi connectivity index (χ2v) is 13.1. The molecule has 0 heterocycles. The van der Waals surface area contributed by atoms with E-state index in [1.807, 2.05) is 36.4 Å². The number of benzene rings is 2. The molecule has 0 amide bonds. The van der Waals surface area contributed by atoms with Gasteiger partial charge in [-0.15, -0.1) is 0 Å². The van der Waals surface area contributed by atoms with E-state index in [1.54, 1.807) is 0 Å². The van der Waals surface area contributed by atoms with Crippen molar-refractivity contribution in [1.29, 1.82) is 0 Å². The van der Waals surface area contributed by atoms with Crippen molar-refractivity contribution in [2.75, 3.05) is 18.5 Å². The molecule has 3 heteroatoms. The molecule has 0 aromatic heterocycles. The predicted octanol–water partition coefficient (Wildman–Crippen LogP) is 10.8. The van der Waals surface area contributed by atoms with Crippen molar-refractivity contribution in [1.82, 2.24) is 0 Å². The van der Waals surface area contributed by atoms with Crippen molar-refractivity contribution in [2.24, 2.45) is 4.74 Å². The minimum absolute atomic E-state index is 0. The smallest absolute Gasteiger partial charge is 0.0425 e. The van der Waals surface area contributed by atoms with Gasteiger partial charge in [0.1, 0.15) is 0 Å². The van der Waals surface area contributed by atoms with E-state index < -0.39 is 7.05 Å². The molecule has 0 aliphatic heterocycles. The van der Waals surface area contributed by atoms with Crippen LogP contribution in [0.25, 0.3) is 11.1 Å². The van der Waals surface area contributed by atoms with Gasteiger partial charge in [0.05, 0.1) is 0 Å². The molecule has 192 valence electrons. The van der Waals surface area contributed by atoms with Gasteiger partial charge in [0, 0.05) is 33.8 Å². The summed E-state index contributed by atoms with van der Waals surface area (Å²) in [5.74, 6) is 0. The van der Waals surface area contributed by atoms with E-state index in [2.05, 4.69) is 76.4 Å². The van der Waals surface area contributed by atoms with E-state index in [0.29, 0.717) is 0 Å². The van der Waals surface area contributed by atoms with Gasteiger partial charge in [-0.2, -0.15) is 0 Å². The van der Waals surface area contributed by atoms with Gasteiger partial charge in [-0.05, 0) is 73.2 Å². The zero-order valence-corrected chi connectivity index (χ0v) is 25.3. The summed E-state index contributed by atoms with van der Waals surface area (Å²) < 4.78 is 5.33. The summed E-state index contributed by atoms with van der Waals surface area (Å²) in [5, 5.41) is 0. The first-order chi connectivity index (χ1) is 17.0. The molecule has 0 spiro atoms. The zero-order valence-electron chi connectivity index (χ0n) is 22.9. The number of nitrogens with zero attached hydrogens (tertiary/aromatic N) is 1. The van der Waals surface area contributed by atoms with Crippen LogP contribution in [0, 0.1) is 0 Å². The van der Waals surface area contributed by atoms with Gasteiger partial charge >= 0.3 is 0 Å². The minimum atomic E-state index is -1.08. The van der Waals surface area contributed by atoms with Crippen molar-refractivity contribution in [3.05, 3.63) is 109 Å². The van der Waals surface area contributed by atoms with Gasteiger partial charge < -0.3 is 0 Å². The van der Waals surface area contributed by atoms with E-state index in [4.69, 9.17) is 4.74 Å². The molecule has 0 N–H and O–H groups in total. The Bertz CT molecular complexity index is 940. The maximum Gasteiger partial charge on any atom is 0.0425 e. The molecule has 36 heavy (non-hydrogen) atoms. The molecule has 0 fully saturated rings.